The van der Waals surface area contributed by atoms with Crippen LogP contribution in [0.15, 0.2) is 27.9 Å². The van der Waals surface area contributed by atoms with Crippen molar-refractivity contribution in [1.29, 1.82) is 0 Å². The first-order valence-corrected chi connectivity index (χ1v) is 9.37. The van der Waals surface area contributed by atoms with Gasteiger partial charge in [0.05, 0.1) is 0 Å². The lowest BCUT2D eigenvalue weighted by molar-refractivity contribution is -0.116. The Morgan fingerprint density at radius 2 is 2.32 bits per heavy atom. The van der Waals surface area contributed by atoms with Crippen LogP contribution >= 0.6 is 23.1 Å². The van der Waals surface area contributed by atoms with Gasteiger partial charge in [0.25, 0.3) is 0 Å². The summed E-state index contributed by atoms with van der Waals surface area (Å²) in [6.45, 7) is 2.09. The van der Waals surface area contributed by atoms with E-state index in [0.717, 1.165) is 35.2 Å². The number of nitrogens with one attached hydrogen (secondary N) is 1. The van der Waals surface area contributed by atoms with Crippen molar-refractivity contribution >= 4 is 34.8 Å². The number of carbonyl (C=O) groups excluding carboxylic acids is 1. The highest BCUT2D eigenvalue weighted by Crippen LogP contribution is 2.42. The summed E-state index contributed by atoms with van der Waals surface area (Å²) in [4.78, 5) is 18.3. The van der Waals surface area contributed by atoms with Gasteiger partial charge in [0.1, 0.15) is 6.04 Å². The Morgan fingerprint density at radius 3 is 3.05 bits per heavy atom. The summed E-state index contributed by atoms with van der Waals surface area (Å²) in [5, 5.41) is 10.7. The third kappa shape index (κ3) is 2.03. The van der Waals surface area contributed by atoms with Gasteiger partial charge in [0.2, 0.25) is 11.1 Å². The molecule has 1 aliphatic carbocycles. The smallest absolute Gasteiger partial charge is 0.227 e. The number of aryl methyl sites for hydroxylation is 1. The topological polar surface area (TPSA) is 59.8 Å². The second kappa shape index (κ2) is 5.24. The van der Waals surface area contributed by atoms with Gasteiger partial charge < -0.3 is 5.32 Å². The Hall–Kier alpha value is -1.60. The Morgan fingerprint density at radius 1 is 1.45 bits per heavy atom. The average Bonchev–Trinajstić information content (AvgIpc) is 3.11. The van der Waals surface area contributed by atoms with E-state index in [-0.39, 0.29) is 11.8 Å². The number of hydrogen-bond donors (Lipinski definition) is 1. The molecule has 4 rings (SSSR count). The number of anilines is 1. The normalized spacial score (nSPS) is 20.6. The monoisotopic (exact) mass is 332 g/mol. The first-order valence-electron chi connectivity index (χ1n) is 7.27. The van der Waals surface area contributed by atoms with E-state index in [4.69, 9.17) is 0 Å². The van der Waals surface area contributed by atoms with Crippen LogP contribution in [0.1, 0.15) is 35.7 Å². The van der Waals surface area contributed by atoms with Crippen molar-refractivity contribution in [3.8, 4) is 0 Å². The predicted molar refractivity (Wildman–Crippen MR) is 88.5 cm³/mol. The molecule has 0 aromatic carbocycles. The molecule has 0 saturated carbocycles. The number of carbonyl (C=O) groups is 1. The minimum absolute atomic E-state index is 0.132. The first kappa shape index (κ1) is 14.0. The van der Waals surface area contributed by atoms with E-state index < -0.39 is 0 Å². The van der Waals surface area contributed by atoms with Crippen LogP contribution in [-0.2, 0) is 4.79 Å². The molecule has 0 bridgehead atoms. The highest BCUT2D eigenvalue weighted by molar-refractivity contribution is 7.98. The molecule has 2 aliphatic rings. The lowest BCUT2D eigenvalue weighted by Gasteiger charge is -2.31. The van der Waals surface area contributed by atoms with Crippen molar-refractivity contribution in [2.75, 3.05) is 11.6 Å². The van der Waals surface area contributed by atoms with E-state index in [0.29, 0.717) is 6.42 Å². The van der Waals surface area contributed by atoms with Crippen LogP contribution in [-0.4, -0.2) is 26.8 Å². The molecule has 1 aliphatic heterocycles. The van der Waals surface area contributed by atoms with Crippen molar-refractivity contribution in [3.05, 3.63) is 33.2 Å². The summed E-state index contributed by atoms with van der Waals surface area (Å²) in [7, 11) is 0. The number of fused-ring (bicyclic) bond motifs is 1. The maximum absolute atomic E-state index is 12.6. The van der Waals surface area contributed by atoms with Crippen molar-refractivity contribution < 1.29 is 4.79 Å². The fourth-order valence-electron chi connectivity index (χ4n) is 3.13. The fraction of sp³-hybridized carbons (Fsp3) is 0.400. The zero-order chi connectivity index (χ0) is 15.3. The molecule has 0 unspecified atom stereocenters. The van der Waals surface area contributed by atoms with Crippen LogP contribution in [0.5, 0.6) is 0 Å². The third-order valence-corrected chi connectivity index (χ3v) is 5.79. The van der Waals surface area contributed by atoms with Crippen LogP contribution in [0.3, 0.4) is 0 Å². The molecular formula is C15H16N4OS2. The van der Waals surface area contributed by atoms with E-state index in [1.165, 1.54) is 22.2 Å². The summed E-state index contributed by atoms with van der Waals surface area (Å²) >= 11 is 3.20. The number of Topliss-reactive ketones (excluding diaryl/α,β-unsaturated/α-hetero) is 1. The Bertz CT molecular complexity index is 789. The highest BCUT2D eigenvalue weighted by atomic mass is 32.2. The van der Waals surface area contributed by atoms with Gasteiger partial charge in [0.15, 0.2) is 5.78 Å². The molecule has 0 fully saturated rings. The number of aromatic nitrogens is 3. The maximum Gasteiger partial charge on any atom is 0.227 e. The minimum Gasteiger partial charge on any atom is -0.328 e. The zero-order valence-corrected chi connectivity index (χ0v) is 14.1. The second-order valence-corrected chi connectivity index (χ2v) is 7.25. The summed E-state index contributed by atoms with van der Waals surface area (Å²) in [6, 6.07) is 1.97. The van der Waals surface area contributed by atoms with Crippen molar-refractivity contribution in [2.24, 2.45) is 0 Å². The predicted octanol–water partition coefficient (Wildman–Crippen LogP) is 3.39. The first-order chi connectivity index (χ1) is 10.7. The van der Waals surface area contributed by atoms with E-state index in [1.807, 2.05) is 10.9 Å². The lowest BCUT2D eigenvalue weighted by atomic mass is 9.87. The molecule has 7 heteroatoms. The number of nitrogens with zero attached hydrogens (tertiary/aromatic N) is 3. The highest BCUT2D eigenvalue weighted by Gasteiger charge is 2.37. The largest absolute Gasteiger partial charge is 0.328 e. The van der Waals surface area contributed by atoms with Gasteiger partial charge in [-0.25, -0.2) is 4.68 Å². The van der Waals surface area contributed by atoms with Gasteiger partial charge >= 0.3 is 0 Å². The van der Waals surface area contributed by atoms with Gasteiger partial charge in [0, 0.05) is 22.6 Å². The zero-order valence-electron chi connectivity index (χ0n) is 12.4. The molecule has 3 heterocycles. The van der Waals surface area contributed by atoms with Crippen LogP contribution in [0.2, 0.25) is 0 Å². The quantitative estimate of drug-likeness (QED) is 0.854. The molecular weight excluding hydrogens is 316 g/mol. The lowest BCUT2D eigenvalue weighted by Crippen LogP contribution is -2.31. The third-order valence-electron chi connectivity index (χ3n) is 4.18. The SMILES string of the molecule is CSc1nc2n(n1)[C@@H](c1sccc1C)C1=C(CCCC1=O)N2. The molecule has 5 nitrogen and oxygen atoms in total. The molecule has 0 amide bonds. The number of hydrogen-bond acceptors (Lipinski definition) is 6. The second-order valence-electron chi connectivity index (χ2n) is 5.53. The number of thioether (sulfide) groups is 1. The van der Waals surface area contributed by atoms with E-state index in [1.54, 1.807) is 11.3 Å². The fourth-order valence-corrected chi connectivity index (χ4v) is 4.50. The van der Waals surface area contributed by atoms with Crippen LogP contribution < -0.4 is 5.32 Å². The van der Waals surface area contributed by atoms with Gasteiger partial charge in [-0.05, 0) is 43.0 Å². The number of ketones is 1. The van der Waals surface area contributed by atoms with Gasteiger partial charge in [-0.15, -0.1) is 16.4 Å². The van der Waals surface area contributed by atoms with Gasteiger partial charge in [-0.2, -0.15) is 4.98 Å². The molecule has 2 aromatic rings. The molecule has 0 spiro atoms. The Balaban J connectivity index is 1.94. The Kier molecular flexibility index (Phi) is 3.34. The maximum atomic E-state index is 12.6. The average molecular weight is 332 g/mol. The van der Waals surface area contributed by atoms with Gasteiger partial charge in [-0.3, -0.25) is 4.79 Å². The molecule has 114 valence electrons. The molecule has 1 atom stereocenters. The summed E-state index contributed by atoms with van der Waals surface area (Å²) in [5.41, 5.74) is 3.11. The standard InChI is InChI=1S/C15H16N4OS2/c1-8-6-7-22-13(8)12-11-9(4-3-5-10(11)20)16-14-17-15(21-2)18-19(12)14/h6-7,12H,3-5H2,1-2H3,(H,16,17,18)/t12-/m1/s1. The number of rotatable bonds is 2. The van der Waals surface area contributed by atoms with Crippen molar-refractivity contribution in [1.82, 2.24) is 14.8 Å². The molecule has 22 heavy (non-hydrogen) atoms. The minimum atomic E-state index is -0.132. The molecule has 0 saturated heterocycles. The van der Waals surface area contributed by atoms with E-state index >= 15 is 0 Å². The summed E-state index contributed by atoms with van der Waals surface area (Å²) in [5.74, 6) is 0.981. The van der Waals surface area contributed by atoms with Crippen molar-refractivity contribution in [2.45, 2.75) is 37.4 Å². The van der Waals surface area contributed by atoms with Crippen LogP contribution in [0.25, 0.3) is 0 Å². The van der Waals surface area contributed by atoms with E-state index in [9.17, 15) is 4.79 Å². The molecule has 1 N–H and O–H groups in total. The van der Waals surface area contributed by atoms with Crippen LogP contribution in [0.4, 0.5) is 5.95 Å². The molecule has 2 aromatic heterocycles. The number of allylic oxidation sites excluding steroid dienone is 2. The number of thiophene rings is 1. The van der Waals surface area contributed by atoms with Crippen LogP contribution in [0, 0.1) is 6.92 Å². The summed E-state index contributed by atoms with van der Waals surface area (Å²) < 4.78 is 1.88. The van der Waals surface area contributed by atoms with Crippen molar-refractivity contribution in [3.63, 3.8) is 0 Å². The molecule has 0 radical (unpaired) electrons. The van der Waals surface area contributed by atoms with Gasteiger partial charge in [-0.1, -0.05) is 11.8 Å². The van der Waals surface area contributed by atoms with E-state index in [2.05, 4.69) is 33.8 Å². The Labute approximate surface area is 136 Å². The summed E-state index contributed by atoms with van der Waals surface area (Å²) in [6.07, 6.45) is 4.40.